The molecule has 0 fully saturated rings. The van der Waals surface area contributed by atoms with Crippen LogP contribution in [0.1, 0.15) is 36.3 Å². The molecule has 17 heavy (non-hydrogen) atoms. The summed E-state index contributed by atoms with van der Waals surface area (Å²) >= 11 is 3.23. The van der Waals surface area contributed by atoms with Crippen molar-refractivity contribution in [2.24, 2.45) is 0 Å². The highest BCUT2D eigenvalue weighted by Gasteiger charge is 2.14. The highest BCUT2D eigenvalue weighted by Crippen LogP contribution is 2.26. The summed E-state index contributed by atoms with van der Waals surface area (Å²) in [6.45, 7) is 2.15. The van der Waals surface area contributed by atoms with Gasteiger partial charge in [0, 0.05) is 0 Å². The number of hydrogen-bond acceptors (Lipinski definition) is 2. The van der Waals surface area contributed by atoms with Gasteiger partial charge in [-0.2, -0.15) is 0 Å². The molecule has 1 aromatic carbocycles. The Labute approximate surface area is 109 Å². The molecule has 1 heterocycles. The third kappa shape index (κ3) is 2.99. The summed E-state index contributed by atoms with van der Waals surface area (Å²) in [5.41, 5.74) is 2.12. The number of furan rings is 1. The van der Waals surface area contributed by atoms with E-state index in [1.165, 1.54) is 5.56 Å². The SMILES string of the molecule is CCCc1cccc(C(O)c2ccc(Br)o2)c1. The molecule has 90 valence electrons. The van der Waals surface area contributed by atoms with E-state index in [4.69, 9.17) is 4.42 Å². The molecule has 0 saturated carbocycles. The smallest absolute Gasteiger partial charge is 0.169 e. The van der Waals surface area contributed by atoms with Gasteiger partial charge in [0.1, 0.15) is 11.9 Å². The summed E-state index contributed by atoms with van der Waals surface area (Å²) in [5.74, 6) is 0.561. The maximum absolute atomic E-state index is 10.2. The number of rotatable bonds is 4. The second-order valence-corrected chi connectivity index (χ2v) is 4.82. The lowest BCUT2D eigenvalue weighted by Gasteiger charge is -2.09. The van der Waals surface area contributed by atoms with Crippen LogP contribution in [0, 0.1) is 0 Å². The average Bonchev–Trinajstić information content (AvgIpc) is 2.76. The zero-order valence-electron chi connectivity index (χ0n) is 9.69. The van der Waals surface area contributed by atoms with Crippen LogP contribution in [-0.2, 0) is 6.42 Å². The Kier molecular flexibility index (Phi) is 4.02. The van der Waals surface area contributed by atoms with Gasteiger partial charge in [0.05, 0.1) is 0 Å². The topological polar surface area (TPSA) is 33.4 Å². The van der Waals surface area contributed by atoms with Gasteiger partial charge >= 0.3 is 0 Å². The molecule has 1 N–H and O–H groups in total. The van der Waals surface area contributed by atoms with Crippen LogP contribution in [-0.4, -0.2) is 5.11 Å². The largest absolute Gasteiger partial charge is 0.451 e. The van der Waals surface area contributed by atoms with Crippen molar-refractivity contribution in [3.05, 3.63) is 58.0 Å². The van der Waals surface area contributed by atoms with Gasteiger partial charge in [0.15, 0.2) is 4.67 Å². The second kappa shape index (κ2) is 5.52. The molecular formula is C14H15BrO2. The van der Waals surface area contributed by atoms with Gasteiger partial charge in [-0.15, -0.1) is 0 Å². The molecule has 1 unspecified atom stereocenters. The van der Waals surface area contributed by atoms with Crippen LogP contribution in [0.3, 0.4) is 0 Å². The molecular weight excluding hydrogens is 280 g/mol. The summed E-state index contributed by atoms with van der Waals surface area (Å²) in [6, 6.07) is 11.6. The van der Waals surface area contributed by atoms with Crippen molar-refractivity contribution in [1.29, 1.82) is 0 Å². The fourth-order valence-corrected chi connectivity index (χ4v) is 2.17. The lowest BCUT2D eigenvalue weighted by atomic mass is 10.0. The maximum atomic E-state index is 10.2. The van der Waals surface area contributed by atoms with E-state index in [0.717, 1.165) is 18.4 Å². The normalized spacial score (nSPS) is 12.6. The molecule has 0 spiro atoms. The van der Waals surface area contributed by atoms with E-state index in [0.29, 0.717) is 10.4 Å². The second-order valence-electron chi connectivity index (χ2n) is 4.04. The molecule has 0 bridgehead atoms. The zero-order valence-corrected chi connectivity index (χ0v) is 11.3. The van der Waals surface area contributed by atoms with Crippen LogP contribution in [0.25, 0.3) is 0 Å². The van der Waals surface area contributed by atoms with Crippen molar-refractivity contribution >= 4 is 15.9 Å². The van der Waals surface area contributed by atoms with Crippen molar-refractivity contribution < 1.29 is 9.52 Å². The molecule has 2 aromatic rings. The van der Waals surface area contributed by atoms with Gasteiger partial charge in [0.2, 0.25) is 0 Å². The molecule has 2 nitrogen and oxygen atoms in total. The summed E-state index contributed by atoms with van der Waals surface area (Å²) in [6.07, 6.45) is 1.44. The van der Waals surface area contributed by atoms with Crippen LogP contribution in [0.15, 0.2) is 45.5 Å². The van der Waals surface area contributed by atoms with Gasteiger partial charge < -0.3 is 9.52 Å². The molecule has 0 saturated heterocycles. The van der Waals surface area contributed by atoms with E-state index in [2.05, 4.69) is 28.9 Å². The minimum absolute atomic E-state index is 0.561. The number of hydrogen-bond donors (Lipinski definition) is 1. The van der Waals surface area contributed by atoms with E-state index in [1.54, 1.807) is 12.1 Å². The summed E-state index contributed by atoms with van der Waals surface area (Å²) in [7, 11) is 0. The molecule has 0 aliphatic carbocycles. The monoisotopic (exact) mass is 294 g/mol. The van der Waals surface area contributed by atoms with Crippen molar-refractivity contribution in [3.8, 4) is 0 Å². The number of aliphatic hydroxyl groups excluding tert-OH is 1. The van der Waals surface area contributed by atoms with Crippen molar-refractivity contribution in [2.75, 3.05) is 0 Å². The zero-order chi connectivity index (χ0) is 12.3. The summed E-state index contributed by atoms with van der Waals surface area (Å²) in [4.78, 5) is 0. The number of halogens is 1. The first-order valence-corrected chi connectivity index (χ1v) is 6.52. The Morgan fingerprint density at radius 1 is 1.29 bits per heavy atom. The number of aliphatic hydroxyl groups is 1. The Bertz CT molecular complexity index is 490. The highest BCUT2D eigenvalue weighted by molar-refractivity contribution is 9.10. The minimum atomic E-state index is -0.696. The first-order chi connectivity index (χ1) is 8.20. The Balaban J connectivity index is 2.24. The predicted molar refractivity (Wildman–Crippen MR) is 70.9 cm³/mol. The molecule has 0 radical (unpaired) electrons. The Morgan fingerprint density at radius 2 is 2.12 bits per heavy atom. The van der Waals surface area contributed by atoms with Gasteiger partial charge in [-0.1, -0.05) is 37.6 Å². The van der Waals surface area contributed by atoms with Gasteiger partial charge in [-0.25, -0.2) is 0 Å². The molecule has 0 amide bonds. The van der Waals surface area contributed by atoms with Gasteiger partial charge in [-0.05, 0) is 45.6 Å². The fourth-order valence-electron chi connectivity index (χ4n) is 1.85. The maximum Gasteiger partial charge on any atom is 0.169 e. The molecule has 0 aliphatic heterocycles. The lowest BCUT2D eigenvalue weighted by molar-refractivity contribution is 0.187. The van der Waals surface area contributed by atoms with Crippen LogP contribution in [0.4, 0.5) is 0 Å². The van der Waals surface area contributed by atoms with Gasteiger partial charge in [-0.3, -0.25) is 0 Å². The summed E-state index contributed by atoms with van der Waals surface area (Å²) in [5, 5.41) is 10.2. The van der Waals surface area contributed by atoms with Crippen LogP contribution in [0.5, 0.6) is 0 Å². The highest BCUT2D eigenvalue weighted by atomic mass is 79.9. The van der Waals surface area contributed by atoms with E-state index in [9.17, 15) is 5.11 Å². The summed E-state index contributed by atoms with van der Waals surface area (Å²) < 4.78 is 6.00. The van der Waals surface area contributed by atoms with Crippen LogP contribution in [0.2, 0.25) is 0 Å². The van der Waals surface area contributed by atoms with Crippen LogP contribution < -0.4 is 0 Å². The molecule has 1 atom stereocenters. The predicted octanol–water partition coefficient (Wildman–Crippen LogP) is 4.08. The number of benzene rings is 1. The van der Waals surface area contributed by atoms with E-state index < -0.39 is 6.10 Å². The quantitative estimate of drug-likeness (QED) is 0.922. The average molecular weight is 295 g/mol. The third-order valence-electron chi connectivity index (χ3n) is 2.67. The van der Waals surface area contributed by atoms with E-state index >= 15 is 0 Å². The van der Waals surface area contributed by atoms with E-state index in [1.807, 2.05) is 18.2 Å². The van der Waals surface area contributed by atoms with E-state index in [-0.39, 0.29) is 0 Å². The lowest BCUT2D eigenvalue weighted by Crippen LogP contribution is -1.98. The first kappa shape index (κ1) is 12.4. The Hall–Kier alpha value is -1.06. The number of aryl methyl sites for hydroxylation is 1. The molecule has 1 aromatic heterocycles. The molecule has 2 rings (SSSR count). The minimum Gasteiger partial charge on any atom is -0.451 e. The van der Waals surface area contributed by atoms with Crippen molar-refractivity contribution in [1.82, 2.24) is 0 Å². The van der Waals surface area contributed by atoms with Crippen molar-refractivity contribution in [3.63, 3.8) is 0 Å². The first-order valence-electron chi connectivity index (χ1n) is 5.73. The molecule has 0 aliphatic rings. The standard InChI is InChI=1S/C14H15BrO2/c1-2-4-10-5-3-6-11(9-10)14(16)12-7-8-13(15)17-12/h3,5-9,14,16H,2,4H2,1H3. The molecule has 3 heteroatoms. The Morgan fingerprint density at radius 3 is 2.76 bits per heavy atom. The van der Waals surface area contributed by atoms with Gasteiger partial charge in [0.25, 0.3) is 0 Å². The third-order valence-corrected chi connectivity index (χ3v) is 3.10. The fraction of sp³-hybridized carbons (Fsp3) is 0.286. The van der Waals surface area contributed by atoms with Crippen molar-refractivity contribution in [2.45, 2.75) is 25.9 Å². The van der Waals surface area contributed by atoms with Crippen LogP contribution >= 0.6 is 15.9 Å².